The van der Waals surface area contributed by atoms with Gasteiger partial charge in [-0.3, -0.25) is 4.79 Å². The Morgan fingerprint density at radius 3 is 2.78 bits per heavy atom. The van der Waals surface area contributed by atoms with E-state index in [4.69, 9.17) is 4.42 Å². The lowest BCUT2D eigenvalue weighted by atomic mass is 10.0. The molecule has 7 nitrogen and oxygen atoms in total. The van der Waals surface area contributed by atoms with Crippen LogP contribution in [0.5, 0.6) is 0 Å². The van der Waals surface area contributed by atoms with Crippen LogP contribution in [0.15, 0.2) is 40.5 Å². The van der Waals surface area contributed by atoms with Gasteiger partial charge in [-0.05, 0) is 38.0 Å². The molecule has 1 unspecified atom stereocenters. The molecule has 27 heavy (non-hydrogen) atoms. The van der Waals surface area contributed by atoms with Gasteiger partial charge in [-0.1, -0.05) is 0 Å². The predicted molar refractivity (Wildman–Crippen MR) is 98.8 cm³/mol. The fourth-order valence-electron chi connectivity index (χ4n) is 3.32. The molecular formula is C19H17N3O4S. The van der Waals surface area contributed by atoms with Crippen LogP contribution in [-0.4, -0.2) is 38.4 Å². The fourth-order valence-corrected chi connectivity index (χ4v) is 4.26. The first-order valence-corrected chi connectivity index (χ1v) is 9.42. The van der Waals surface area contributed by atoms with Crippen LogP contribution in [0.3, 0.4) is 0 Å². The van der Waals surface area contributed by atoms with Gasteiger partial charge in [0.25, 0.3) is 5.91 Å². The van der Waals surface area contributed by atoms with E-state index in [1.54, 1.807) is 22.3 Å². The number of hydrogen-bond donors (Lipinski definition) is 1. The van der Waals surface area contributed by atoms with Crippen molar-refractivity contribution in [2.75, 3.05) is 6.54 Å². The summed E-state index contributed by atoms with van der Waals surface area (Å²) < 4.78 is 5.27. The molecule has 0 radical (unpaired) electrons. The first kappa shape index (κ1) is 17.4. The summed E-state index contributed by atoms with van der Waals surface area (Å²) in [6.07, 6.45) is 4.63. The quantitative estimate of drug-likeness (QED) is 0.736. The number of amides is 1. The first-order chi connectivity index (χ1) is 13.0. The van der Waals surface area contributed by atoms with E-state index in [9.17, 15) is 14.7 Å². The van der Waals surface area contributed by atoms with Crippen molar-refractivity contribution < 1.29 is 19.1 Å². The van der Waals surface area contributed by atoms with Crippen LogP contribution < -0.4 is 0 Å². The molecule has 2 aromatic heterocycles. The van der Waals surface area contributed by atoms with Crippen molar-refractivity contribution in [2.24, 2.45) is 0 Å². The highest BCUT2D eigenvalue weighted by atomic mass is 32.1. The number of aromatic nitrogens is 2. The number of carboxylic acid groups (broad SMARTS) is 1. The van der Waals surface area contributed by atoms with Gasteiger partial charge in [-0.15, -0.1) is 11.3 Å². The van der Waals surface area contributed by atoms with Gasteiger partial charge in [-0.2, -0.15) is 0 Å². The smallest absolute Gasteiger partial charge is 0.335 e. The first-order valence-electron chi connectivity index (χ1n) is 8.54. The van der Waals surface area contributed by atoms with Crippen molar-refractivity contribution in [1.82, 2.24) is 14.9 Å². The van der Waals surface area contributed by atoms with E-state index in [2.05, 4.69) is 9.97 Å². The van der Waals surface area contributed by atoms with Crippen molar-refractivity contribution in [3.8, 4) is 11.5 Å². The van der Waals surface area contributed by atoms with Crippen molar-refractivity contribution in [3.05, 3.63) is 57.9 Å². The molecule has 3 heterocycles. The molecule has 1 aliphatic rings. The Bertz CT molecular complexity index is 996. The van der Waals surface area contributed by atoms with Gasteiger partial charge >= 0.3 is 5.97 Å². The molecule has 8 heteroatoms. The third kappa shape index (κ3) is 3.35. The molecule has 1 atom stereocenters. The lowest BCUT2D eigenvalue weighted by Gasteiger charge is -2.23. The Labute approximate surface area is 159 Å². The Kier molecular flexibility index (Phi) is 4.49. The number of nitrogens with zero attached hydrogens (tertiary/aromatic N) is 3. The van der Waals surface area contributed by atoms with Crippen LogP contribution in [0, 0.1) is 6.92 Å². The summed E-state index contributed by atoms with van der Waals surface area (Å²) in [4.78, 5) is 35.1. The minimum absolute atomic E-state index is 0.0230. The maximum Gasteiger partial charge on any atom is 0.335 e. The topological polar surface area (TPSA) is 96.5 Å². The van der Waals surface area contributed by atoms with Crippen LogP contribution in [0.4, 0.5) is 0 Å². The fraction of sp³-hybridized carbons (Fsp3) is 0.263. The van der Waals surface area contributed by atoms with Gasteiger partial charge in [0.05, 0.1) is 17.8 Å². The normalized spacial score (nSPS) is 16.6. The SMILES string of the molecule is Cc1csc(C2CCCN2C(=O)c2cc(C(=O)O)cc(-c3ncco3)c2)n1. The van der Waals surface area contributed by atoms with E-state index in [0.717, 1.165) is 23.5 Å². The highest BCUT2D eigenvalue weighted by Crippen LogP contribution is 2.35. The van der Waals surface area contributed by atoms with E-state index >= 15 is 0 Å². The summed E-state index contributed by atoms with van der Waals surface area (Å²) in [6, 6.07) is 4.41. The molecule has 1 fully saturated rings. The van der Waals surface area contributed by atoms with Crippen LogP contribution in [0.2, 0.25) is 0 Å². The van der Waals surface area contributed by atoms with Crippen molar-refractivity contribution in [2.45, 2.75) is 25.8 Å². The number of aromatic carboxylic acids is 1. The molecule has 0 saturated carbocycles. The molecule has 3 aromatic rings. The zero-order chi connectivity index (χ0) is 19.0. The van der Waals surface area contributed by atoms with Gasteiger partial charge in [-0.25, -0.2) is 14.8 Å². The molecule has 1 saturated heterocycles. The Morgan fingerprint density at radius 2 is 2.11 bits per heavy atom. The van der Waals surface area contributed by atoms with Crippen molar-refractivity contribution >= 4 is 23.2 Å². The third-order valence-electron chi connectivity index (χ3n) is 4.54. The highest BCUT2D eigenvalue weighted by Gasteiger charge is 2.33. The average molecular weight is 383 g/mol. The monoisotopic (exact) mass is 383 g/mol. The Balaban J connectivity index is 1.71. The summed E-state index contributed by atoms with van der Waals surface area (Å²) in [6.45, 7) is 2.55. The lowest BCUT2D eigenvalue weighted by Crippen LogP contribution is -2.30. The van der Waals surface area contributed by atoms with E-state index < -0.39 is 5.97 Å². The summed E-state index contributed by atoms with van der Waals surface area (Å²) in [7, 11) is 0. The minimum atomic E-state index is -1.11. The third-order valence-corrected chi connectivity index (χ3v) is 5.61. The van der Waals surface area contributed by atoms with Crippen LogP contribution in [0.1, 0.15) is 50.3 Å². The molecule has 1 N–H and O–H groups in total. The summed E-state index contributed by atoms with van der Waals surface area (Å²) in [5, 5.41) is 12.3. The van der Waals surface area contributed by atoms with Crippen LogP contribution in [0.25, 0.3) is 11.5 Å². The molecule has 138 valence electrons. The lowest BCUT2D eigenvalue weighted by molar-refractivity contribution is 0.0697. The Morgan fingerprint density at radius 1 is 1.30 bits per heavy atom. The highest BCUT2D eigenvalue weighted by molar-refractivity contribution is 7.09. The zero-order valence-corrected chi connectivity index (χ0v) is 15.4. The molecule has 0 aliphatic carbocycles. The number of hydrogen-bond acceptors (Lipinski definition) is 6. The van der Waals surface area contributed by atoms with Crippen molar-refractivity contribution in [3.63, 3.8) is 0 Å². The molecule has 1 amide bonds. The molecule has 0 bridgehead atoms. The number of oxazole rings is 1. The van der Waals surface area contributed by atoms with Gasteiger partial charge < -0.3 is 14.4 Å². The van der Waals surface area contributed by atoms with E-state index in [1.165, 1.54) is 24.6 Å². The molecular weight excluding hydrogens is 366 g/mol. The van der Waals surface area contributed by atoms with E-state index in [0.29, 0.717) is 17.7 Å². The maximum atomic E-state index is 13.2. The maximum absolute atomic E-state index is 13.2. The van der Waals surface area contributed by atoms with Crippen LogP contribution in [-0.2, 0) is 0 Å². The molecule has 1 aromatic carbocycles. The van der Waals surface area contributed by atoms with E-state index in [1.807, 2.05) is 12.3 Å². The second-order valence-electron chi connectivity index (χ2n) is 6.43. The summed E-state index contributed by atoms with van der Waals surface area (Å²) >= 11 is 1.55. The molecule has 4 rings (SSSR count). The number of aryl methyl sites for hydroxylation is 1. The summed E-state index contributed by atoms with van der Waals surface area (Å²) in [5.41, 5.74) is 1.73. The minimum Gasteiger partial charge on any atom is -0.478 e. The Hall–Kier alpha value is -3.00. The number of carbonyl (C=O) groups is 2. The number of benzene rings is 1. The number of rotatable bonds is 4. The zero-order valence-electron chi connectivity index (χ0n) is 14.6. The average Bonchev–Trinajstić information content (AvgIpc) is 3.41. The van der Waals surface area contributed by atoms with Crippen molar-refractivity contribution in [1.29, 1.82) is 0 Å². The van der Waals surface area contributed by atoms with Crippen LogP contribution >= 0.6 is 11.3 Å². The second-order valence-corrected chi connectivity index (χ2v) is 7.31. The number of carboxylic acids is 1. The second kappa shape index (κ2) is 6.96. The van der Waals surface area contributed by atoms with Gasteiger partial charge in [0.15, 0.2) is 0 Å². The number of thiazole rings is 1. The number of likely N-dealkylation sites (tertiary alicyclic amines) is 1. The standard InChI is InChI=1S/C19H17N3O4S/c1-11-10-27-17(21-11)15-3-2-5-22(15)18(23)13-7-12(16-20-4-6-26-16)8-14(9-13)19(24)25/h4,6-10,15H,2-3,5H2,1H3,(H,24,25). The van der Waals surface area contributed by atoms with Gasteiger partial charge in [0.2, 0.25) is 5.89 Å². The van der Waals surface area contributed by atoms with Gasteiger partial charge in [0.1, 0.15) is 11.3 Å². The molecule has 1 aliphatic heterocycles. The number of carbonyl (C=O) groups excluding carboxylic acids is 1. The summed E-state index contributed by atoms with van der Waals surface area (Å²) in [5.74, 6) is -1.03. The molecule has 0 spiro atoms. The predicted octanol–water partition coefficient (Wildman–Crippen LogP) is 3.78. The van der Waals surface area contributed by atoms with E-state index in [-0.39, 0.29) is 23.4 Å². The largest absolute Gasteiger partial charge is 0.478 e. The van der Waals surface area contributed by atoms with Gasteiger partial charge in [0, 0.05) is 28.7 Å².